The van der Waals surface area contributed by atoms with E-state index in [9.17, 15) is 9.36 Å². The molecule has 47 heavy (non-hydrogen) atoms. The molecular weight excluding hydrogens is 635 g/mol. The number of ether oxygens (including phenoxy) is 2. The van der Waals surface area contributed by atoms with E-state index in [-0.39, 0.29) is 29.4 Å². The number of nitrogens with one attached hydrogen (secondary N) is 1. The molecule has 2 aromatic heterocycles. The van der Waals surface area contributed by atoms with Crippen LogP contribution in [0.5, 0.6) is 0 Å². The summed E-state index contributed by atoms with van der Waals surface area (Å²) in [5.41, 5.74) is 7.03. The Labute approximate surface area is 288 Å². The minimum absolute atomic E-state index is 0.0875. The molecule has 3 atom stereocenters. The molecule has 0 saturated carbocycles. The number of aromatic nitrogens is 4. The molecule has 0 unspecified atom stereocenters. The van der Waals surface area contributed by atoms with Gasteiger partial charge in [-0.1, -0.05) is 116 Å². The van der Waals surface area contributed by atoms with Gasteiger partial charge in [0.1, 0.15) is 18.2 Å². The first kappa shape index (κ1) is 41.6. The Kier molecular flexibility index (Phi) is 21.7. The maximum absolute atomic E-state index is 13.8. The lowest BCUT2D eigenvalue weighted by atomic mass is 10.0. The second-order valence-corrected chi connectivity index (χ2v) is 16.5. The molecule has 2 rings (SSSR count). The van der Waals surface area contributed by atoms with Crippen molar-refractivity contribution >= 4 is 41.4 Å². The van der Waals surface area contributed by atoms with Gasteiger partial charge in [0.15, 0.2) is 11.5 Å². The van der Waals surface area contributed by atoms with E-state index in [4.69, 9.17) is 19.7 Å². The Morgan fingerprint density at radius 3 is 2.09 bits per heavy atom. The number of imidazole rings is 1. The number of nitrogens with zero attached hydrogens (tertiary/aromatic N) is 4. The molecule has 0 aliphatic rings. The average Bonchev–Trinajstić information content (AvgIpc) is 3.44. The summed E-state index contributed by atoms with van der Waals surface area (Å²) in [6, 6.07) is -0.652. The predicted octanol–water partition coefficient (Wildman–Crippen LogP) is 8.52. The highest BCUT2D eigenvalue weighted by molar-refractivity contribution is 8.14. The number of carbonyl (C=O) groups excluding carboxylic acids is 1. The van der Waals surface area contributed by atoms with Gasteiger partial charge in [-0.05, 0) is 26.7 Å². The normalized spacial score (nSPS) is 14.5. The van der Waals surface area contributed by atoms with Gasteiger partial charge in [-0.3, -0.25) is 9.36 Å². The van der Waals surface area contributed by atoms with Crippen molar-refractivity contribution in [2.45, 2.75) is 155 Å². The number of nitrogens with two attached hydrogens (primary N) is 1. The van der Waals surface area contributed by atoms with E-state index >= 15 is 0 Å². The lowest BCUT2D eigenvalue weighted by molar-refractivity contribution is -0.112. The molecule has 0 saturated heterocycles. The van der Waals surface area contributed by atoms with Gasteiger partial charge in [-0.2, -0.15) is 0 Å². The largest absolute Gasteiger partial charge is 0.382 e. The maximum Gasteiger partial charge on any atom is 0.295 e. The van der Waals surface area contributed by atoms with Gasteiger partial charge in [-0.15, -0.1) is 0 Å². The van der Waals surface area contributed by atoms with E-state index in [2.05, 4.69) is 27.0 Å². The molecule has 0 amide bonds. The zero-order chi connectivity index (χ0) is 34.3. The molecule has 270 valence electrons. The summed E-state index contributed by atoms with van der Waals surface area (Å²) in [7, 11) is -3.50. The van der Waals surface area contributed by atoms with Crippen LogP contribution in [0.25, 0.3) is 11.2 Å². The van der Waals surface area contributed by atoms with Crippen molar-refractivity contribution in [3.8, 4) is 0 Å². The number of rotatable bonds is 29. The third-order valence-electron chi connectivity index (χ3n) is 7.88. The maximum atomic E-state index is 13.8. The summed E-state index contributed by atoms with van der Waals surface area (Å²) >= 11 is 1.21. The van der Waals surface area contributed by atoms with Crippen molar-refractivity contribution in [2.24, 2.45) is 0 Å². The van der Waals surface area contributed by atoms with E-state index in [1.165, 1.54) is 102 Å². The van der Waals surface area contributed by atoms with Gasteiger partial charge in [0, 0.05) is 18.5 Å². The molecule has 0 spiro atoms. The SMILES string of the molecule is CCCCCCCCCCCCCCCCOCCCO[P@@](=O)(CO[C@H](C)Cn1cnc2c(N)ncnc21)N[C@@H](C)C(=O)SC(C)C. The minimum atomic E-state index is -3.50. The highest BCUT2D eigenvalue weighted by Crippen LogP contribution is 2.44. The van der Waals surface area contributed by atoms with Crippen LogP contribution in [0, 0.1) is 0 Å². The van der Waals surface area contributed by atoms with Gasteiger partial charge in [0.2, 0.25) is 5.12 Å². The second-order valence-electron chi connectivity index (χ2n) is 12.8. The predicted molar refractivity (Wildman–Crippen MR) is 195 cm³/mol. The van der Waals surface area contributed by atoms with Gasteiger partial charge < -0.3 is 24.3 Å². The van der Waals surface area contributed by atoms with Crippen LogP contribution in [0.15, 0.2) is 12.7 Å². The number of thioether (sulfide) groups is 1. The first-order valence-electron chi connectivity index (χ1n) is 18.0. The molecular formula is C34H63N6O5PS. The molecule has 0 aliphatic heterocycles. The monoisotopic (exact) mass is 698 g/mol. The first-order chi connectivity index (χ1) is 22.6. The Bertz CT molecular complexity index is 1170. The summed E-state index contributed by atoms with van der Waals surface area (Å²) < 4.78 is 33.3. The molecule has 11 nitrogen and oxygen atoms in total. The van der Waals surface area contributed by atoms with E-state index < -0.39 is 13.6 Å². The smallest absolute Gasteiger partial charge is 0.295 e. The van der Waals surface area contributed by atoms with Crippen molar-refractivity contribution in [1.82, 2.24) is 24.6 Å². The van der Waals surface area contributed by atoms with Gasteiger partial charge in [0.05, 0.1) is 31.6 Å². The summed E-state index contributed by atoms with van der Waals surface area (Å²) in [5, 5.41) is 2.99. The van der Waals surface area contributed by atoms with E-state index in [1.807, 2.05) is 25.3 Å². The number of unbranched alkanes of at least 4 members (excludes halogenated alkanes) is 13. The third kappa shape index (κ3) is 18.1. The van der Waals surface area contributed by atoms with Crippen LogP contribution in [-0.4, -0.2) is 68.2 Å². The quantitative estimate of drug-likeness (QED) is 0.0623. The van der Waals surface area contributed by atoms with Crippen LogP contribution in [0.1, 0.15) is 131 Å². The van der Waals surface area contributed by atoms with Crippen molar-refractivity contribution in [3.05, 3.63) is 12.7 Å². The van der Waals surface area contributed by atoms with Crippen LogP contribution in [0.3, 0.4) is 0 Å². The van der Waals surface area contributed by atoms with Crippen molar-refractivity contribution < 1.29 is 23.4 Å². The van der Waals surface area contributed by atoms with E-state index in [0.29, 0.717) is 36.6 Å². The highest BCUT2D eigenvalue weighted by Gasteiger charge is 2.30. The lowest BCUT2D eigenvalue weighted by Gasteiger charge is -2.25. The molecule has 2 aromatic rings. The summed E-state index contributed by atoms with van der Waals surface area (Å²) in [6.07, 6.45) is 21.8. The Balaban J connectivity index is 1.64. The molecule has 0 fully saturated rings. The molecule has 13 heteroatoms. The van der Waals surface area contributed by atoms with Crippen molar-refractivity contribution in [2.75, 3.05) is 31.9 Å². The topological polar surface area (TPSA) is 143 Å². The first-order valence-corrected chi connectivity index (χ1v) is 20.7. The molecule has 0 aromatic carbocycles. The number of hydrogen-bond acceptors (Lipinski definition) is 10. The zero-order valence-corrected chi connectivity index (χ0v) is 31.5. The fourth-order valence-electron chi connectivity index (χ4n) is 5.26. The summed E-state index contributed by atoms with van der Waals surface area (Å²) in [5.74, 6) is 0.311. The summed E-state index contributed by atoms with van der Waals surface area (Å²) in [6.45, 7) is 11.7. The van der Waals surface area contributed by atoms with Gasteiger partial charge in [-0.25, -0.2) is 20.0 Å². The third-order valence-corrected chi connectivity index (χ3v) is 10.8. The number of fused-ring (bicyclic) bond motifs is 1. The molecule has 2 heterocycles. The highest BCUT2D eigenvalue weighted by atomic mass is 32.2. The van der Waals surface area contributed by atoms with E-state index in [1.54, 1.807) is 13.3 Å². The number of carbonyl (C=O) groups is 1. The summed E-state index contributed by atoms with van der Waals surface area (Å²) in [4.78, 5) is 25.1. The molecule has 3 N–H and O–H groups in total. The van der Waals surface area contributed by atoms with Gasteiger partial charge >= 0.3 is 0 Å². The Hall–Kier alpha value is -1.56. The van der Waals surface area contributed by atoms with Crippen molar-refractivity contribution in [3.63, 3.8) is 0 Å². The number of anilines is 1. The second kappa shape index (κ2) is 24.6. The van der Waals surface area contributed by atoms with Gasteiger partial charge in [0.25, 0.3) is 7.52 Å². The number of hydrogen-bond donors (Lipinski definition) is 2. The fourth-order valence-corrected chi connectivity index (χ4v) is 7.88. The van der Waals surface area contributed by atoms with Crippen LogP contribution in [0.4, 0.5) is 5.82 Å². The Morgan fingerprint density at radius 1 is 0.872 bits per heavy atom. The zero-order valence-electron chi connectivity index (χ0n) is 29.8. The van der Waals surface area contributed by atoms with Crippen molar-refractivity contribution in [1.29, 1.82) is 0 Å². The lowest BCUT2D eigenvalue weighted by Crippen LogP contribution is -2.33. The standard InChI is InChI=1S/C34H63N6O5PS/c1-6-7-8-9-10-11-12-13-14-15-16-17-18-19-21-43-22-20-23-45-46(42,39-30(5)34(41)47-28(2)3)27-44-29(4)24-40-26-38-31-32(35)36-25-37-33(31)40/h25-26,28-30H,6-24,27H2,1-5H3,(H,39,42)(H2,35,36,37)/t29-,30+,46+/m1/s1. The number of nitrogen functional groups attached to an aromatic ring is 1. The Morgan fingerprint density at radius 2 is 1.47 bits per heavy atom. The average molecular weight is 699 g/mol. The molecule has 0 bridgehead atoms. The molecule has 0 aliphatic carbocycles. The minimum Gasteiger partial charge on any atom is -0.382 e. The van der Waals surface area contributed by atoms with Crippen LogP contribution >= 0.6 is 19.3 Å². The van der Waals surface area contributed by atoms with Crippen LogP contribution in [0.2, 0.25) is 0 Å². The van der Waals surface area contributed by atoms with Crippen LogP contribution < -0.4 is 10.8 Å². The molecule has 0 radical (unpaired) electrons. The van der Waals surface area contributed by atoms with Crippen LogP contribution in [-0.2, 0) is 29.9 Å². The van der Waals surface area contributed by atoms with E-state index in [0.717, 1.165) is 13.0 Å². The fraction of sp³-hybridized carbons (Fsp3) is 0.824.